The zero-order chi connectivity index (χ0) is 21.5. The van der Waals surface area contributed by atoms with Gasteiger partial charge in [0.15, 0.2) is 0 Å². The quantitative estimate of drug-likeness (QED) is 0.581. The minimum absolute atomic E-state index is 0.0529. The van der Waals surface area contributed by atoms with Gasteiger partial charge >= 0.3 is 0 Å². The number of hydrogen-bond acceptors (Lipinski definition) is 6. The van der Waals surface area contributed by atoms with Crippen LogP contribution in [0.4, 0.5) is 0 Å². The van der Waals surface area contributed by atoms with Gasteiger partial charge in [-0.3, -0.25) is 0 Å². The highest BCUT2D eigenvalue weighted by Gasteiger charge is 2.66. The largest absolute Gasteiger partial charge is 0.494 e. The summed E-state index contributed by atoms with van der Waals surface area (Å²) in [5.41, 5.74) is 1.03. The maximum Gasteiger partial charge on any atom is 0.225 e. The normalized spacial score (nSPS) is 32.9. The number of ether oxygens (including phenoxy) is 3. The Balaban J connectivity index is 1.66. The molecular weight excluding hydrogens is 431 g/mol. The Labute approximate surface area is 184 Å². The highest BCUT2D eigenvalue weighted by molar-refractivity contribution is 6.31. The Kier molecular flexibility index (Phi) is 6.03. The average molecular weight is 455 g/mol. The molecule has 0 unspecified atom stereocenters. The third-order valence-corrected chi connectivity index (χ3v) is 6.59. The van der Waals surface area contributed by atoms with E-state index < -0.39 is 29.7 Å². The summed E-state index contributed by atoms with van der Waals surface area (Å²) in [6.07, 6.45) is -3.79. The second-order valence-electron chi connectivity index (χ2n) is 7.70. The molecule has 0 aliphatic carbocycles. The number of halogens is 2. The number of alkyl halides is 1. The summed E-state index contributed by atoms with van der Waals surface area (Å²) in [5.74, 6) is -0.930. The molecule has 0 saturated carbocycles. The second kappa shape index (κ2) is 8.28. The van der Waals surface area contributed by atoms with Gasteiger partial charge in [0.2, 0.25) is 5.79 Å². The molecule has 30 heavy (non-hydrogen) atoms. The molecule has 5 atom stereocenters. The SMILES string of the molecule is CCOc1ccc(Cc2cc([C@]34OC[C@](CCl)(O3)[C@@H](O)[C@H](O)[C@H]4O)ccc2Cl)cc1. The number of fused-ring (bicyclic) bond motifs is 2. The number of benzene rings is 2. The van der Waals surface area contributed by atoms with Crippen LogP contribution in [0, 0.1) is 0 Å². The van der Waals surface area contributed by atoms with Crippen LogP contribution in [0.3, 0.4) is 0 Å². The number of aliphatic hydroxyl groups is 3. The Hall–Kier alpha value is -1.38. The molecule has 2 bridgehead atoms. The summed E-state index contributed by atoms with van der Waals surface area (Å²) < 4.78 is 17.3. The topological polar surface area (TPSA) is 88.4 Å². The van der Waals surface area contributed by atoms with Crippen molar-refractivity contribution in [3.8, 4) is 5.75 Å². The minimum Gasteiger partial charge on any atom is -0.494 e. The lowest BCUT2D eigenvalue weighted by Crippen LogP contribution is -2.65. The molecular formula is C22H24Cl2O6. The van der Waals surface area contributed by atoms with E-state index in [1.54, 1.807) is 18.2 Å². The summed E-state index contributed by atoms with van der Waals surface area (Å²) >= 11 is 12.5. The first-order chi connectivity index (χ1) is 14.3. The smallest absolute Gasteiger partial charge is 0.225 e. The van der Waals surface area contributed by atoms with Gasteiger partial charge in [0.25, 0.3) is 0 Å². The predicted molar refractivity (Wildman–Crippen MR) is 112 cm³/mol. The van der Waals surface area contributed by atoms with Crippen LogP contribution in [-0.2, 0) is 21.7 Å². The Morgan fingerprint density at radius 2 is 1.83 bits per heavy atom. The maximum absolute atomic E-state index is 10.7. The molecule has 6 nitrogen and oxygen atoms in total. The maximum atomic E-state index is 10.7. The van der Waals surface area contributed by atoms with Crippen molar-refractivity contribution in [2.75, 3.05) is 19.1 Å². The monoisotopic (exact) mass is 454 g/mol. The van der Waals surface area contributed by atoms with E-state index in [1.165, 1.54) is 0 Å². The van der Waals surface area contributed by atoms with Gasteiger partial charge in [-0.25, -0.2) is 0 Å². The molecule has 2 aromatic carbocycles. The zero-order valence-electron chi connectivity index (χ0n) is 16.4. The van der Waals surface area contributed by atoms with Crippen molar-refractivity contribution in [1.29, 1.82) is 0 Å². The van der Waals surface area contributed by atoms with Crippen LogP contribution >= 0.6 is 23.2 Å². The summed E-state index contributed by atoms with van der Waals surface area (Å²) in [6.45, 7) is 2.48. The fourth-order valence-electron chi connectivity index (χ4n) is 4.07. The van der Waals surface area contributed by atoms with E-state index in [0.29, 0.717) is 23.6 Å². The van der Waals surface area contributed by atoms with Crippen LogP contribution in [0.1, 0.15) is 23.6 Å². The van der Waals surface area contributed by atoms with Crippen molar-refractivity contribution in [2.45, 2.75) is 43.0 Å². The van der Waals surface area contributed by atoms with Gasteiger partial charge in [0, 0.05) is 10.6 Å². The fourth-order valence-corrected chi connectivity index (χ4v) is 4.54. The molecule has 2 aromatic rings. The van der Waals surface area contributed by atoms with Gasteiger partial charge in [0.1, 0.15) is 29.7 Å². The van der Waals surface area contributed by atoms with Crippen molar-refractivity contribution in [1.82, 2.24) is 0 Å². The van der Waals surface area contributed by atoms with Crippen LogP contribution in [0.15, 0.2) is 42.5 Å². The van der Waals surface area contributed by atoms with Gasteiger partial charge < -0.3 is 29.5 Å². The van der Waals surface area contributed by atoms with Gasteiger partial charge in [-0.1, -0.05) is 29.8 Å². The molecule has 0 radical (unpaired) electrons. The summed E-state index contributed by atoms with van der Waals surface area (Å²) in [6, 6.07) is 12.9. The van der Waals surface area contributed by atoms with E-state index in [9.17, 15) is 15.3 Å². The molecule has 2 aliphatic heterocycles. The molecule has 0 spiro atoms. The lowest BCUT2D eigenvalue weighted by atomic mass is 9.84. The lowest BCUT2D eigenvalue weighted by molar-refractivity contribution is -0.321. The second-order valence-corrected chi connectivity index (χ2v) is 8.37. The van der Waals surface area contributed by atoms with Crippen molar-refractivity contribution < 1.29 is 29.5 Å². The van der Waals surface area contributed by atoms with Gasteiger partial charge in [-0.2, -0.15) is 0 Å². The highest BCUT2D eigenvalue weighted by Crippen LogP contribution is 2.50. The van der Waals surface area contributed by atoms with Crippen molar-refractivity contribution in [3.05, 3.63) is 64.2 Å². The fraction of sp³-hybridized carbons (Fsp3) is 0.455. The first kappa shape index (κ1) is 21.8. The number of hydrogen-bond donors (Lipinski definition) is 3. The molecule has 0 aromatic heterocycles. The van der Waals surface area contributed by atoms with E-state index in [2.05, 4.69) is 0 Å². The van der Waals surface area contributed by atoms with E-state index in [4.69, 9.17) is 37.4 Å². The Morgan fingerprint density at radius 1 is 1.10 bits per heavy atom. The first-order valence-electron chi connectivity index (χ1n) is 9.80. The van der Waals surface area contributed by atoms with Gasteiger partial charge in [-0.05, 0) is 48.7 Å². The van der Waals surface area contributed by atoms with Gasteiger partial charge in [-0.15, -0.1) is 11.6 Å². The van der Waals surface area contributed by atoms with Crippen molar-refractivity contribution >= 4 is 23.2 Å². The summed E-state index contributed by atoms with van der Waals surface area (Å²) in [4.78, 5) is 0. The van der Waals surface area contributed by atoms with E-state index in [0.717, 1.165) is 16.9 Å². The van der Waals surface area contributed by atoms with Crippen LogP contribution in [0.25, 0.3) is 0 Å². The third-order valence-electron chi connectivity index (χ3n) is 5.76. The van der Waals surface area contributed by atoms with Crippen LogP contribution in [0.5, 0.6) is 5.75 Å². The number of rotatable bonds is 6. The molecule has 2 saturated heterocycles. The lowest BCUT2D eigenvalue weighted by Gasteiger charge is -2.46. The van der Waals surface area contributed by atoms with E-state index in [1.807, 2.05) is 31.2 Å². The van der Waals surface area contributed by atoms with Crippen LogP contribution < -0.4 is 4.74 Å². The molecule has 8 heteroatoms. The standard InChI is InChI=1S/C22H24Cl2O6/c1-2-28-16-6-3-13(4-7-16)9-14-10-15(5-8-17(14)24)22-20(27)18(25)19(26)21(11-23,30-22)12-29-22/h3-8,10,18-20,25-27H,2,9,11-12H2,1H3/t18-,19-,20+,21-,22-/m0/s1. The summed E-state index contributed by atoms with van der Waals surface area (Å²) in [7, 11) is 0. The average Bonchev–Trinajstić information content (AvgIpc) is 3.14. The van der Waals surface area contributed by atoms with Crippen molar-refractivity contribution in [3.63, 3.8) is 0 Å². The molecule has 4 rings (SSSR count). The van der Waals surface area contributed by atoms with Crippen LogP contribution in [-0.4, -0.2) is 58.3 Å². The molecule has 0 amide bonds. The van der Waals surface area contributed by atoms with Crippen molar-refractivity contribution in [2.24, 2.45) is 0 Å². The molecule has 162 valence electrons. The summed E-state index contributed by atoms with van der Waals surface area (Å²) in [5, 5.41) is 32.1. The molecule has 2 fully saturated rings. The van der Waals surface area contributed by atoms with E-state index >= 15 is 0 Å². The Morgan fingerprint density at radius 3 is 2.50 bits per heavy atom. The van der Waals surface area contributed by atoms with Gasteiger partial charge in [0.05, 0.1) is 19.1 Å². The minimum atomic E-state index is -1.63. The highest BCUT2D eigenvalue weighted by atomic mass is 35.5. The third kappa shape index (κ3) is 3.50. The van der Waals surface area contributed by atoms with E-state index in [-0.39, 0.29) is 12.5 Å². The molecule has 3 N–H and O–H groups in total. The molecule has 2 aliphatic rings. The zero-order valence-corrected chi connectivity index (χ0v) is 17.9. The molecule has 2 heterocycles. The first-order valence-corrected chi connectivity index (χ1v) is 10.7. The Bertz CT molecular complexity index is 907. The van der Waals surface area contributed by atoms with Crippen LogP contribution in [0.2, 0.25) is 5.02 Å². The predicted octanol–water partition coefficient (Wildman–Crippen LogP) is 2.60. The number of aliphatic hydroxyl groups excluding tert-OH is 3.